The number of aromatic nitrogens is 1. The number of para-hydroxylation sites is 1. The molecule has 0 amide bonds. The number of nitrogens with one attached hydrogen (secondary N) is 1. The predicted octanol–water partition coefficient (Wildman–Crippen LogP) is 2.81. The Morgan fingerprint density at radius 1 is 1.08 bits per heavy atom. The molecule has 0 bridgehead atoms. The fourth-order valence-corrected chi connectivity index (χ4v) is 3.02. The number of carbonyl (C=O) groups is 1. The lowest BCUT2D eigenvalue weighted by Gasteiger charge is -2.22. The molecule has 2 atom stereocenters. The molecule has 0 saturated heterocycles. The fourth-order valence-electron chi connectivity index (χ4n) is 3.02. The van der Waals surface area contributed by atoms with Crippen molar-refractivity contribution in [3.8, 4) is 5.75 Å². The normalized spacial score (nSPS) is 13.5. The Balaban J connectivity index is 2.12. The van der Waals surface area contributed by atoms with Crippen LogP contribution in [0.2, 0.25) is 0 Å². The molecule has 124 valence electrons. The predicted molar refractivity (Wildman–Crippen MR) is 93.1 cm³/mol. The van der Waals surface area contributed by atoms with E-state index in [0.717, 1.165) is 27.8 Å². The Hall–Kier alpha value is -2.79. The van der Waals surface area contributed by atoms with E-state index in [1.165, 1.54) is 7.11 Å². The first-order valence-electron chi connectivity index (χ1n) is 7.69. The van der Waals surface area contributed by atoms with Gasteiger partial charge in [-0.1, -0.05) is 30.3 Å². The van der Waals surface area contributed by atoms with Crippen LogP contribution in [0.3, 0.4) is 0 Å². The van der Waals surface area contributed by atoms with Crippen molar-refractivity contribution in [3.63, 3.8) is 0 Å². The van der Waals surface area contributed by atoms with Crippen molar-refractivity contribution < 1.29 is 14.3 Å². The summed E-state index contributed by atoms with van der Waals surface area (Å²) in [6.07, 6.45) is 1.91. The van der Waals surface area contributed by atoms with Gasteiger partial charge in [-0.2, -0.15) is 0 Å². The number of esters is 1. The van der Waals surface area contributed by atoms with E-state index < -0.39 is 12.0 Å². The summed E-state index contributed by atoms with van der Waals surface area (Å²) in [5.74, 6) is -0.0105. The highest BCUT2D eigenvalue weighted by molar-refractivity contribution is 5.86. The Morgan fingerprint density at radius 2 is 1.79 bits per heavy atom. The molecule has 0 aliphatic heterocycles. The van der Waals surface area contributed by atoms with Gasteiger partial charge in [0, 0.05) is 23.0 Å². The number of ether oxygens (including phenoxy) is 2. The van der Waals surface area contributed by atoms with Crippen LogP contribution >= 0.6 is 0 Å². The molecule has 0 fully saturated rings. The number of fused-ring (bicyclic) bond motifs is 1. The first-order valence-corrected chi connectivity index (χ1v) is 7.69. The van der Waals surface area contributed by atoms with Gasteiger partial charge in [0.05, 0.1) is 14.2 Å². The highest BCUT2D eigenvalue weighted by Crippen LogP contribution is 2.34. The highest BCUT2D eigenvalue weighted by Gasteiger charge is 2.30. The average Bonchev–Trinajstić information content (AvgIpc) is 3.05. The van der Waals surface area contributed by atoms with Gasteiger partial charge in [0.15, 0.2) is 0 Å². The van der Waals surface area contributed by atoms with Gasteiger partial charge < -0.3 is 20.2 Å². The van der Waals surface area contributed by atoms with Crippen molar-refractivity contribution in [2.75, 3.05) is 14.2 Å². The Labute approximate surface area is 140 Å². The maximum Gasteiger partial charge on any atom is 0.323 e. The van der Waals surface area contributed by atoms with Crippen LogP contribution in [0.25, 0.3) is 10.9 Å². The zero-order valence-corrected chi connectivity index (χ0v) is 13.7. The van der Waals surface area contributed by atoms with E-state index in [2.05, 4.69) is 4.98 Å². The summed E-state index contributed by atoms with van der Waals surface area (Å²) in [4.78, 5) is 15.3. The first kappa shape index (κ1) is 16.1. The number of nitrogens with two attached hydrogens (primary N) is 1. The van der Waals surface area contributed by atoms with E-state index >= 15 is 0 Å². The van der Waals surface area contributed by atoms with E-state index in [4.69, 9.17) is 15.2 Å². The summed E-state index contributed by atoms with van der Waals surface area (Å²) in [5, 5.41) is 1.04. The van der Waals surface area contributed by atoms with Crippen molar-refractivity contribution >= 4 is 16.9 Å². The summed E-state index contributed by atoms with van der Waals surface area (Å²) in [6, 6.07) is 14.7. The first-order chi connectivity index (χ1) is 11.7. The maximum atomic E-state index is 12.1. The number of hydrogen-bond acceptors (Lipinski definition) is 4. The van der Waals surface area contributed by atoms with E-state index in [-0.39, 0.29) is 5.92 Å². The highest BCUT2D eigenvalue weighted by atomic mass is 16.5. The van der Waals surface area contributed by atoms with Gasteiger partial charge in [-0.15, -0.1) is 0 Å². The number of rotatable bonds is 5. The summed E-state index contributed by atoms with van der Waals surface area (Å²) in [5.41, 5.74) is 9.14. The molecule has 24 heavy (non-hydrogen) atoms. The van der Waals surface area contributed by atoms with E-state index in [9.17, 15) is 4.79 Å². The molecular weight excluding hydrogens is 304 g/mol. The molecule has 0 unspecified atom stereocenters. The van der Waals surface area contributed by atoms with Crippen LogP contribution in [0.1, 0.15) is 17.0 Å². The number of benzene rings is 2. The third kappa shape index (κ3) is 2.86. The molecule has 0 aliphatic carbocycles. The second kappa shape index (κ2) is 6.76. The molecule has 2 aromatic carbocycles. The van der Waals surface area contributed by atoms with Crippen molar-refractivity contribution in [1.82, 2.24) is 4.98 Å². The quantitative estimate of drug-likeness (QED) is 0.708. The van der Waals surface area contributed by atoms with Crippen molar-refractivity contribution in [2.24, 2.45) is 5.73 Å². The van der Waals surface area contributed by atoms with Gasteiger partial charge in [-0.05, 0) is 29.3 Å². The van der Waals surface area contributed by atoms with Crippen LogP contribution in [0.5, 0.6) is 5.75 Å². The van der Waals surface area contributed by atoms with Crippen LogP contribution in [0.15, 0.2) is 54.7 Å². The van der Waals surface area contributed by atoms with Crippen LogP contribution < -0.4 is 10.5 Å². The Morgan fingerprint density at radius 3 is 2.46 bits per heavy atom. The van der Waals surface area contributed by atoms with E-state index in [1.54, 1.807) is 7.11 Å². The number of methoxy groups -OCH3 is 2. The monoisotopic (exact) mass is 324 g/mol. The Kier molecular flexibility index (Phi) is 4.53. The molecule has 3 aromatic rings. The zero-order chi connectivity index (χ0) is 17.1. The lowest BCUT2D eigenvalue weighted by molar-refractivity contribution is -0.142. The molecule has 3 rings (SSSR count). The lowest BCUT2D eigenvalue weighted by atomic mass is 9.85. The molecule has 0 aliphatic rings. The van der Waals surface area contributed by atoms with Gasteiger partial charge >= 0.3 is 5.97 Å². The summed E-state index contributed by atoms with van der Waals surface area (Å²) in [6.45, 7) is 0. The molecule has 1 aromatic heterocycles. The largest absolute Gasteiger partial charge is 0.497 e. The zero-order valence-electron chi connectivity index (χ0n) is 13.7. The lowest BCUT2D eigenvalue weighted by Crippen LogP contribution is -2.38. The molecular formula is C19H20N2O3. The topological polar surface area (TPSA) is 77.3 Å². The minimum absolute atomic E-state index is 0.320. The van der Waals surface area contributed by atoms with Gasteiger partial charge in [-0.25, -0.2) is 0 Å². The third-order valence-electron chi connectivity index (χ3n) is 4.26. The third-order valence-corrected chi connectivity index (χ3v) is 4.26. The minimum atomic E-state index is -0.803. The van der Waals surface area contributed by atoms with Gasteiger partial charge in [-0.3, -0.25) is 4.79 Å². The van der Waals surface area contributed by atoms with Crippen molar-refractivity contribution in [1.29, 1.82) is 0 Å². The molecule has 0 radical (unpaired) electrons. The van der Waals surface area contributed by atoms with E-state index in [0.29, 0.717) is 0 Å². The van der Waals surface area contributed by atoms with Crippen molar-refractivity contribution in [2.45, 2.75) is 12.0 Å². The minimum Gasteiger partial charge on any atom is -0.497 e. The summed E-state index contributed by atoms with van der Waals surface area (Å²) in [7, 11) is 2.97. The number of carbonyl (C=O) groups excluding carboxylic acids is 1. The van der Waals surface area contributed by atoms with Crippen molar-refractivity contribution in [3.05, 3.63) is 65.9 Å². The number of hydrogen-bond donors (Lipinski definition) is 2. The van der Waals surface area contributed by atoms with Crippen LogP contribution in [-0.4, -0.2) is 31.2 Å². The molecule has 5 heteroatoms. The standard InChI is InChI=1S/C19H20N2O3/c1-23-13-9-7-12(8-10-13)17(18(20)19(22)24-2)15-11-21-16-6-4-3-5-14(15)16/h3-11,17-18,21H,20H2,1-2H3/t17-,18+/m1/s1. The van der Waals surface area contributed by atoms with Crippen LogP contribution in [-0.2, 0) is 9.53 Å². The molecule has 1 heterocycles. The van der Waals surface area contributed by atoms with Gasteiger partial charge in [0.25, 0.3) is 0 Å². The average molecular weight is 324 g/mol. The van der Waals surface area contributed by atoms with Crippen LogP contribution in [0.4, 0.5) is 0 Å². The van der Waals surface area contributed by atoms with Crippen LogP contribution in [0, 0.1) is 0 Å². The number of aromatic amines is 1. The Bertz CT molecular complexity index is 839. The molecule has 3 N–H and O–H groups in total. The summed E-state index contributed by atoms with van der Waals surface area (Å²) >= 11 is 0. The summed E-state index contributed by atoms with van der Waals surface area (Å²) < 4.78 is 10.1. The second-order valence-corrected chi connectivity index (χ2v) is 5.59. The second-order valence-electron chi connectivity index (χ2n) is 5.59. The van der Waals surface area contributed by atoms with Gasteiger partial charge in [0.1, 0.15) is 11.8 Å². The van der Waals surface area contributed by atoms with Gasteiger partial charge in [0.2, 0.25) is 0 Å². The maximum absolute atomic E-state index is 12.1. The smallest absolute Gasteiger partial charge is 0.323 e. The molecule has 0 spiro atoms. The SMILES string of the molecule is COC(=O)[C@@H](N)[C@H](c1ccc(OC)cc1)c1c[nH]c2ccccc12. The molecule has 5 nitrogen and oxygen atoms in total. The van der Waals surface area contributed by atoms with E-state index in [1.807, 2.05) is 54.7 Å². The fraction of sp³-hybridized carbons (Fsp3) is 0.211. The molecule has 0 saturated carbocycles. The number of H-pyrrole nitrogens is 1.